The second-order valence-corrected chi connectivity index (χ2v) is 7.34. The Labute approximate surface area is 186 Å². The number of amides is 1. The van der Waals surface area contributed by atoms with E-state index in [0.29, 0.717) is 5.75 Å². The van der Waals surface area contributed by atoms with Crippen molar-refractivity contribution in [1.29, 1.82) is 0 Å². The third-order valence-electron chi connectivity index (χ3n) is 4.63. The van der Waals surface area contributed by atoms with Gasteiger partial charge in [0.2, 0.25) is 12.2 Å². The highest BCUT2D eigenvalue weighted by molar-refractivity contribution is 5.73. The number of hydrogen-bond donors (Lipinski definition) is 1. The van der Waals surface area contributed by atoms with Crippen LogP contribution in [0.4, 0.5) is 0 Å². The lowest BCUT2D eigenvalue weighted by molar-refractivity contribution is -0.257. The molecule has 176 valence electrons. The molecular weight excluding hydrogens is 422 g/mol. The molecule has 0 aromatic heterocycles. The van der Waals surface area contributed by atoms with Gasteiger partial charge in [-0.3, -0.25) is 19.2 Å². The van der Waals surface area contributed by atoms with Crippen LogP contribution in [0.3, 0.4) is 0 Å². The molecule has 2 rings (SSSR count). The molecule has 0 aliphatic carbocycles. The molecular formula is C22H29NO9. The number of benzene rings is 1. The molecule has 32 heavy (non-hydrogen) atoms. The van der Waals surface area contributed by atoms with E-state index < -0.39 is 54.5 Å². The summed E-state index contributed by atoms with van der Waals surface area (Å²) in [6.07, 6.45) is -3.69. The minimum Gasteiger partial charge on any atom is -0.463 e. The van der Waals surface area contributed by atoms with Crippen LogP contribution in [-0.2, 0) is 44.5 Å². The van der Waals surface area contributed by atoms with E-state index in [1.807, 2.05) is 25.1 Å². The quantitative estimate of drug-likeness (QED) is 0.459. The van der Waals surface area contributed by atoms with Gasteiger partial charge in [-0.2, -0.15) is 0 Å². The Hall–Kier alpha value is -3.14. The summed E-state index contributed by atoms with van der Waals surface area (Å²) >= 11 is 0. The minimum absolute atomic E-state index is 0.285. The van der Waals surface area contributed by atoms with Gasteiger partial charge >= 0.3 is 17.9 Å². The van der Waals surface area contributed by atoms with E-state index in [9.17, 15) is 19.2 Å². The molecule has 1 heterocycles. The van der Waals surface area contributed by atoms with E-state index in [-0.39, 0.29) is 6.61 Å². The molecule has 0 radical (unpaired) electrons. The molecule has 1 amide bonds. The third-order valence-corrected chi connectivity index (χ3v) is 4.63. The number of carbonyl (C=O) groups excluding carboxylic acids is 4. The predicted molar refractivity (Wildman–Crippen MR) is 110 cm³/mol. The van der Waals surface area contributed by atoms with Crippen LogP contribution in [0.2, 0.25) is 0 Å². The highest BCUT2D eigenvalue weighted by Crippen LogP contribution is 2.29. The van der Waals surface area contributed by atoms with Gasteiger partial charge in [-0.15, -0.1) is 0 Å². The van der Waals surface area contributed by atoms with Crippen molar-refractivity contribution >= 4 is 23.8 Å². The zero-order valence-electron chi connectivity index (χ0n) is 18.8. The highest BCUT2D eigenvalue weighted by Gasteiger charge is 2.51. The Morgan fingerprint density at radius 1 is 0.969 bits per heavy atom. The van der Waals surface area contributed by atoms with Crippen LogP contribution in [0.15, 0.2) is 24.3 Å². The Bertz CT molecular complexity index is 840. The fourth-order valence-corrected chi connectivity index (χ4v) is 3.36. The van der Waals surface area contributed by atoms with E-state index in [1.165, 1.54) is 27.7 Å². The second kappa shape index (κ2) is 11.5. The van der Waals surface area contributed by atoms with E-state index in [1.54, 1.807) is 6.07 Å². The largest absolute Gasteiger partial charge is 0.463 e. The molecule has 10 nitrogen and oxygen atoms in total. The SMILES string of the molecule is CCc1cccc(O[C@@H]2O[C@H](COC(C)=O)[C@H](OC(C)=O)[C@@H](OC(C)=O)[C@@H]2NC(C)=O)c1. The van der Waals surface area contributed by atoms with Crippen molar-refractivity contribution in [2.45, 2.75) is 71.7 Å². The molecule has 1 aromatic carbocycles. The molecule has 1 aromatic rings. The minimum atomic E-state index is -1.16. The van der Waals surface area contributed by atoms with Gasteiger partial charge in [0.1, 0.15) is 24.5 Å². The number of ether oxygens (including phenoxy) is 5. The van der Waals surface area contributed by atoms with Gasteiger partial charge in [0.15, 0.2) is 12.2 Å². The van der Waals surface area contributed by atoms with Crippen molar-refractivity contribution in [3.05, 3.63) is 29.8 Å². The third kappa shape index (κ3) is 7.23. The lowest BCUT2D eigenvalue weighted by atomic mass is 9.96. The fourth-order valence-electron chi connectivity index (χ4n) is 3.36. The van der Waals surface area contributed by atoms with Crippen LogP contribution in [0.5, 0.6) is 5.75 Å². The highest BCUT2D eigenvalue weighted by atomic mass is 16.7. The van der Waals surface area contributed by atoms with E-state index in [0.717, 1.165) is 12.0 Å². The van der Waals surface area contributed by atoms with Gasteiger partial charge in [0, 0.05) is 27.7 Å². The first-order chi connectivity index (χ1) is 15.1. The molecule has 1 fully saturated rings. The van der Waals surface area contributed by atoms with Crippen LogP contribution in [0.1, 0.15) is 40.2 Å². The molecule has 1 aliphatic rings. The molecule has 1 saturated heterocycles. The van der Waals surface area contributed by atoms with Crippen molar-refractivity contribution in [1.82, 2.24) is 5.32 Å². The van der Waals surface area contributed by atoms with Gasteiger partial charge in [-0.25, -0.2) is 0 Å². The number of carbonyl (C=O) groups is 4. The first kappa shape index (κ1) is 25.1. The number of nitrogens with one attached hydrogen (secondary N) is 1. The smallest absolute Gasteiger partial charge is 0.303 e. The topological polar surface area (TPSA) is 126 Å². The summed E-state index contributed by atoms with van der Waals surface area (Å²) in [5, 5.41) is 2.66. The van der Waals surface area contributed by atoms with E-state index in [2.05, 4.69) is 5.32 Å². The molecule has 1 aliphatic heterocycles. The summed E-state index contributed by atoms with van der Waals surface area (Å²) in [7, 11) is 0. The van der Waals surface area contributed by atoms with Crippen LogP contribution in [0.25, 0.3) is 0 Å². The van der Waals surface area contributed by atoms with Gasteiger partial charge in [0.05, 0.1) is 0 Å². The number of aryl methyl sites for hydroxylation is 1. The first-order valence-electron chi connectivity index (χ1n) is 10.3. The van der Waals surface area contributed by atoms with Crippen molar-refractivity contribution in [2.75, 3.05) is 6.61 Å². The lowest BCUT2D eigenvalue weighted by Crippen LogP contribution is -2.67. The van der Waals surface area contributed by atoms with Gasteiger partial charge in [0.25, 0.3) is 0 Å². The number of rotatable bonds is 8. The summed E-state index contributed by atoms with van der Waals surface area (Å²) in [4.78, 5) is 46.9. The van der Waals surface area contributed by atoms with Crippen molar-refractivity contribution in [3.63, 3.8) is 0 Å². The zero-order chi connectivity index (χ0) is 23.8. The summed E-state index contributed by atoms with van der Waals surface area (Å²) in [6, 6.07) is 6.26. The van der Waals surface area contributed by atoms with Crippen LogP contribution in [0, 0.1) is 0 Å². The molecule has 0 spiro atoms. The normalized spacial score (nSPS) is 24.7. The van der Waals surface area contributed by atoms with Gasteiger partial charge < -0.3 is 29.0 Å². The van der Waals surface area contributed by atoms with Crippen molar-refractivity contribution in [3.8, 4) is 5.75 Å². The Morgan fingerprint density at radius 3 is 2.19 bits per heavy atom. The van der Waals surface area contributed by atoms with Crippen LogP contribution < -0.4 is 10.1 Å². The summed E-state index contributed by atoms with van der Waals surface area (Å²) in [6.45, 7) is 6.58. The Balaban J connectivity index is 2.45. The average molecular weight is 451 g/mol. The second-order valence-electron chi connectivity index (χ2n) is 7.34. The van der Waals surface area contributed by atoms with Crippen LogP contribution >= 0.6 is 0 Å². The summed E-state index contributed by atoms with van der Waals surface area (Å²) < 4.78 is 27.8. The fraction of sp³-hybridized carbons (Fsp3) is 0.545. The summed E-state index contributed by atoms with van der Waals surface area (Å²) in [5.41, 5.74) is 1.01. The standard InChI is InChI=1S/C22H29NO9/c1-6-16-8-7-9-17(10-16)31-22-19(23-12(2)24)21(30-15(5)27)20(29-14(4)26)18(32-22)11-28-13(3)25/h7-10,18-22H,6,11H2,1-5H3,(H,23,24)/t18-,19+,20+,21+,22-/m1/s1. The van der Waals surface area contributed by atoms with E-state index in [4.69, 9.17) is 23.7 Å². The molecule has 1 N–H and O–H groups in total. The molecule has 0 unspecified atom stereocenters. The monoisotopic (exact) mass is 451 g/mol. The average Bonchev–Trinajstić information content (AvgIpc) is 2.70. The lowest BCUT2D eigenvalue weighted by Gasteiger charge is -2.44. The van der Waals surface area contributed by atoms with Crippen LogP contribution in [-0.4, -0.2) is 61.1 Å². The molecule has 5 atom stereocenters. The molecule has 0 saturated carbocycles. The molecule has 10 heteroatoms. The Morgan fingerprint density at radius 2 is 1.62 bits per heavy atom. The number of hydrogen-bond acceptors (Lipinski definition) is 9. The first-order valence-corrected chi connectivity index (χ1v) is 10.3. The molecule has 0 bridgehead atoms. The summed E-state index contributed by atoms with van der Waals surface area (Å²) in [5.74, 6) is -1.88. The maximum absolute atomic E-state index is 11.9. The predicted octanol–water partition coefficient (Wildman–Crippen LogP) is 1.28. The maximum atomic E-state index is 11.9. The van der Waals surface area contributed by atoms with Crippen molar-refractivity contribution < 1.29 is 42.9 Å². The maximum Gasteiger partial charge on any atom is 0.303 e. The van der Waals surface area contributed by atoms with E-state index >= 15 is 0 Å². The number of esters is 3. The van der Waals surface area contributed by atoms with Gasteiger partial charge in [-0.05, 0) is 24.1 Å². The van der Waals surface area contributed by atoms with Crippen molar-refractivity contribution in [2.24, 2.45) is 0 Å². The zero-order valence-corrected chi connectivity index (χ0v) is 18.8. The van der Waals surface area contributed by atoms with Gasteiger partial charge in [-0.1, -0.05) is 19.1 Å². The Kier molecular flexibility index (Phi) is 9.01.